The summed E-state index contributed by atoms with van der Waals surface area (Å²) in [6, 6.07) is 8.48. The van der Waals surface area contributed by atoms with Gasteiger partial charge in [0.05, 0.1) is 0 Å². The van der Waals surface area contributed by atoms with E-state index >= 15 is 0 Å². The molecule has 0 atom stereocenters. The lowest BCUT2D eigenvalue weighted by Gasteiger charge is -2.38. The summed E-state index contributed by atoms with van der Waals surface area (Å²) in [5.41, 5.74) is 1.97. The summed E-state index contributed by atoms with van der Waals surface area (Å²) in [6.45, 7) is 8.86. The van der Waals surface area contributed by atoms with E-state index in [4.69, 9.17) is 0 Å². The van der Waals surface area contributed by atoms with E-state index in [1.54, 1.807) is 0 Å². The minimum Gasteiger partial charge on any atom is -0.369 e. The first-order chi connectivity index (χ1) is 8.20. The number of benzene rings is 1. The summed E-state index contributed by atoms with van der Waals surface area (Å²) in [6.07, 6.45) is 0.889. The van der Waals surface area contributed by atoms with Crippen molar-refractivity contribution in [1.29, 1.82) is 0 Å². The van der Waals surface area contributed by atoms with E-state index in [2.05, 4.69) is 23.6 Å². The van der Waals surface area contributed by atoms with Gasteiger partial charge in [0, 0.05) is 43.5 Å². The normalized spacial score (nSPS) is 17.5. The smallest absolute Gasteiger partial charge is 0.150 e. The average molecular weight is 232 g/mol. The third-order valence-corrected chi connectivity index (χ3v) is 3.44. The van der Waals surface area contributed by atoms with Crippen molar-refractivity contribution in [2.24, 2.45) is 0 Å². The number of aldehydes is 1. The Labute approximate surface area is 103 Å². The summed E-state index contributed by atoms with van der Waals surface area (Å²) in [5, 5.41) is 0. The van der Waals surface area contributed by atoms with Gasteiger partial charge in [-0.05, 0) is 38.1 Å². The molecule has 17 heavy (non-hydrogen) atoms. The Balaban J connectivity index is 1.97. The van der Waals surface area contributed by atoms with Crippen LogP contribution in [0.15, 0.2) is 24.3 Å². The zero-order chi connectivity index (χ0) is 12.3. The van der Waals surface area contributed by atoms with Crippen molar-refractivity contribution in [2.45, 2.75) is 19.9 Å². The Kier molecular flexibility index (Phi) is 3.79. The van der Waals surface area contributed by atoms with Gasteiger partial charge >= 0.3 is 0 Å². The molecule has 1 aromatic carbocycles. The van der Waals surface area contributed by atoms with Crippen LogP contribution in [0.2, 0.25) is 0 Å². The van der Waals surface area contributed by atoms with E-state index in [1.165, 1.54) is 5.69 Å². The fourth-order valence-electron chi connectivity index (χ4n) is 2.26. The number of carbonyl (C=O) groups is 1. The highest BCUT2D eigenvalue weighted by Crippen LogP contribution is 2.17. The first kappa shape index (κ1) is 12.1. The number of piperazine rings is 1. The van der Waals surface area contributed by atoms with Gasteiger partial charge in [0.15, 0.2) is 0 Å². The van der Waals surface area contributed by atoms with Crippen LogP contribution in [0.5, 0.6) is 0 Å². The average Bonchev–Trinajstić information content (AvgIpc) is 2.39. The summed E-state index contributed by atoms with van der Waals surface area (Å²) in [4.78, 5) is 15.5. The third kappa shape index (κ3) is 2.86. The van der Waals surface area contributed by atoms with E-state index in [1.807, 2.05) is 24.3 Å². The second-order valence-electron chi connectivity index (χ2n) is 4.83. The number of anilines is 1. The van der Waals surface area contributed by atoms with Crippen molar-refractivity contribution in [3.05, 3.63) is 29.8 Å². The Morgan fingerprint density at radius 1 is 1.06 bits per heavy atom. The van der Waals surface area contributed by atoms with Crippen LogP contribution < -0.4 is 4.90 Å². The maximum Gasteiger partial charge on any atom is 0.150 e. The van der Waals surface area contributed by atoms with E-state index in [9.17, 15) is 4.79 Å². The van der Waals surface area contributed by atoms with Gasteiger partial charge in [0.25, 0.3) is 0 Å². The SMILES string of the molecule is CC(C)N1CCN(c2ccc(C=O)cc2)CC1. The van der Waals surface area contributed by atoms with Crippen LogP contribution in [0.1, 0.15) is 24.2 Å². The van der Waals surface area contributed by atoms with E-state index in [0.717, 1.165) is 38.0 Å². The fraction of sp³-hybridized carbons (Fsp3) is 0.500. The summed E-state index contributed by atoms with van der Waals surface area (Å²) >= 11 is 0. The van der Waals surface area contributed by atoms with Crippen LogP contribution in [0, 0.1) is 0 Å². The Morgan fingerprint density at radius 2 is 1.65 bits per heavy atom. The van der Waals surface area contributed by atoms with Crippen molar-refractivity contribution in [3.63, 3.8) is 0 Å². The van der Waals surface area contributed by atoms with Crippen LogP contribution in [-0.2, 0) is 0 Å². The Bertz CT molecular complexity index is 364. The van der Waals surface area contributed by atoms with Gasteiger partial charge in [0.1, 0.15) is 6.29 Å². The number of rotatable bonds is 3. The highest BCUT2D eigenvalue weighted by molar-refractivity contribution is 5.75. The number of hydrogen-bond donors (Lipinski definition) is 0. The number of nitrogens with zero attached hydrogens (tertiary/aromatic N) is 2. The monoisotopic (exact) mass is 232 g/mol. The first-order valence-electron chi connectivity index (χ1n) is 6.25. The lowest BCUT2D eigenvalue weighted by molar-refractivity contribution is 0.112. The molecule has 1 fully saturated rings. The van der Waals surface area contributed by atoms with Crippen molar-refractivity contribution >= 4 is 12.0 Å². The van der Waals surface area contributed by atoms with E-state index < -0.39 is 0 Å². The molecular formula is C14H20N2O. The topological polar surface area (TPSA) is 23.6 Å². The van der Waals surface area contributed by atoms with E-state index in [0.29, 0.717) is 6.04 Å². The predicted molar refractivity (Wildman–Crippen MR) is 70.8 cm³/mol. The van der Waals surface area contributed by atoms with Crippen molar-refractivity contribution < 1.29 is 4.79 Å². The van der Waals surface area contributed by atoms with Gasteiger partial charge in [0.2, 0.25) is 0 Å². The third-order valence-electron chi connectivity index (χ3n) is 3.44. The van der Waals surface area contributed by atoms with Crippen LogP contribution in [0.25, 0.3) is 0 Å². The zero-order valence-electron chi connectivity index (χ0n) is 10.6. The van der Waals surface area contributed by atoms with Gasteiger partial charge in [-0.1, -0.05) is 0 Å². The maximum atomic E-state index is 10.6. The molecule has 0 amide bonds. The Hall–Kier alpha value is -1.35. The molecule has 0 spiro atoms. The second kappa shape index (κ2) is 5.32. The molecule has 0 radical (unpaired) electrons. The minimum absolute atomic E-state index is 0.634. The van der Waals surface area contributed by atoms with E-state index in [-0.39, 0.29) is 0 Å². The standard InChI is InChI=1S/C14H20N2O/c1-12(2)15-7-9-16(10-8-15)14-5-3-13(11-17)4-6-14/h3-6,11-12H,7-10H2,1-2H3. The highest BCUT2D eigenvalue weighted by Gasteiger charge is 2.18. The zero-order valence-corrected chi connectivity index (χ0v) is 10.6. The molecule has 3 heteroatoms. The molecule has 3 nitrogen and oxygen atoms in total. The van der Waals surface area contributed by atoms with Gasteiger partial charge in [-0.25, -0.2) is 0 Å². The van der Waals surface area contributed by atoms with Crippen molar-refractivity contribution in [1.82, 2.24) is 4.90 Å². The molecule has 1 saturated heterocycles. The quantitative estimate of drug-likeness (QED) is 0.745. The van der Waals surface area contributed by atoms with Crippen LogP contribution in [0.3, 0.4) is 0 Å². The van der Waals surface area contributed by atoms with Gasteiger partial charge in [-0.2, -0.15) is 0 Å². The molecule has 0 N–H and O–H groups in total. The maximum absolute atomic E-state index is 10.6. The fourth-order valence-corrected chi connectivity index (χ4v) is 2.26. The molecule has 2 rings (SSSR count). The minimum atomic E-state index is 0.634. The van der Waals surface area contributed by atoms with Crippen LogP contribution >= 0.6 is 0 Å². The molecule has 0 aliphatic carbocycles. The molecule has 0 bridgehead atoms. The molecule has 1 aliphatic rings. The van der Waals surface area contributed by atoms with Crippen molar-refractivity contribution in [2.75, 3.05) is 31.1 Å². The molecule has 1 aromatic rings. The molecule has 1 heterocycles. The van der Waals surface area contributed by atoms with Crippen molar-refractivity contribution in [3.8, 4) is 0 Å². The summed E-state index contributed by atoms with van der Waals surface area (Å²) in [5.74, 6) is 0. The van der Waals surface area contributed by atoms with Crippen LogP contribution in [-0.4, -0.2) is 43.4 Å². The lowest BCUT2D eigenvalue weighted by atomic mass is 10.2. The molecule has 0 saturated carbocycles. The second-order valence-corrected chi connectivity index (χ2v) is 4.83. The molecule has 0 aromatic heterocycles. The Morgan fingerprint density at radius 3 is 2.12 bits per heavy atom. The first-order valence-corrected chi connectivity index (χ1v) is 6.25. The van der Waals surface area contributed by atoms with Gasteiger partial charge < -0.3 is 4.90 Å². The number of hydrogen-bond acceptors (Lipinski definition) is 3. The molecular weight excluding hydrogens is 212 g/mol. The lowest BCUT2D eigenvalue weighted by Crippen LogP contribution is -2.48. The molecule has 1 aliphatic heterocycles. The largest absolute Gasteiger partial charge is 0.369 e. The summed E-state index contributed by atoms with van der Waals surface area (Å²) in [7, 11) is 0. The van der Waals surface area contributed by atoms with Gasteiger partial charge in [-0.15, -0.1) is 0 Å². The molecule has 92 valence electrons. The highest BCUT2D eigenvalue weighted by atomic mass is 16.1. The summed E-state index contributed by atoms with van der Waals surface area (Å²) < 4.78 is 0. The van der Waals surface area contributed by atoms with Crippen LogP contribution in [0.4, 0.5) is 5.69 Å². The number of carbonyl (C=O) groups excluding carboxylic acids is 1. The predicted octanol–water partition coefficient (Wildman–Crippen LogP) is 2.03. The molecule has 0 unspecified atom stereocenters. The van der Waals surface area contributed by atoms with Gasteiger partial charge in [-0.3, -0.25) is 9.69 Å².